The number of hydrogen-bond donors (Lipinski definition) is 0. The quantitative estimate of drug-likeness (QED) is 0.602. The summed E-state index contributed by atoms with van der Waals surface area (Å²) in [6.07, 6.45) is 2.61. The average Bonchev–Trinajstić information content (AvgIpc) is 2.79. The van der Waals surface area contributed by atoms with Gasteiger partial charge in [0.15, 0.2) is 0 Å². The van der Waals surface area contributed by atoms with E-state index in [4.69, 9.17) is 9.47 Å². The Morgan fingerprint density at radius 3 is 2.45 bits per heavy atom. The van der Waals surface area contributed by atoms with Crippen molar-refractivity contribution in [3.8, 4) is 11.5 Å². The van der Waals surface area contributed by atoms with Crippen molar-refractivity contribution in [3.63, 3.8) is 0 Å². The molecule has 0 radical (unpaired) electrons. The van der Waals surface area contributed by atoms with E-state index < -0.39 is 10.0 Å². The monoisotopic (exact) mass is 443 g/mol. The van der Waals surface area contributed by atoms with E-state index in [0.717, 1.165) is 5.56 Å². The Kier molecular flexibility index (Phi) is 5.72. The van der Waals surface area contributed by atoms with E-state index in [-0.39, 0.29) is 22.2 Å². The van der Waals surface area contributed by atoms with Crippen LogP contribution in [-0.2, 0) is 10.0 Å². The summed E-state index contributed by atoms with van der Waals surface area (Å²) in [4.78, 5) is 17.5. The number of aryl methyl sites for hydroxylation is 1. The van der Waals surface area contributed by atoms with E-state index in [0.29, 0.717) is 42.6 Å². The van der Waals surface area contributed by atoms with Crippen LogP contribution in [-0.4, -0.2) is 49.6 Å². The smallest absolute Gasteiger partial charge is 0.261 e. The number of methoxy groups -OCH3 is 2. The number of benzene rings is 2. The van der Waals surface area contributed by atoms with E-state index in [1.54, 1.807) is 23.0 Å². The van der Waals surface area contributed by atoms with Crippen LogP contribution in [0.5, 0.6) is 11.5 Å². The third-order valence-corrected chi connectivity index (χ3v) is 7.66. The van der Waals surface area contributed by atoms with E-state index >= 15 is 0 Å². The summed E-state index contributed by atoms with van der Waals surface area (Å²) >= 11 is 0. The minimum absolute atomic E-state index is 0.0767. The van der Waals surface area contributed by atoms with Gasteiger partial charge in [-0.25, -0.2) is 13.4 Å². The molecule has 0 saturated carbocycles. The third kappa shape index (κ3) is 3.90. The van der Waals surface area contributed by atoms with Crippen molar-refractivity contribution < 1.29 is 17.9 Å². The Labute approximate surface area is 181 Å². The van der Waals surface area contributed by atoms with Crippen molar-refractivity contribution in [2.24, 2.45) is 0 Å². The van der Waals surface area contributed by atoms with Gasteiger partial charge in [0.05, 0.1) is 31.4 Å². The van der Waals surface area contributed by atoms with Crippen LogP contribution in [0.2, 0.25) is 0 Å². The molecule has 1 saturated heterocycles. The number of rotatable bonds is 5. The van der Waals surface area contributed by atoms with Gasteiger partial charge in [-0.05, 0) is 44.0 Å². The highest BCUT2D eigenvalue weighted by molar-refractivity contribution is 7.89. The fraction of sp³-hybridized carbons (Fsp3) is 0.364. The molecular formula is C22H25N3O5S. The number of hydrogen-bond acceptors (Lipinski definition) is 6. The first-order valence-corrected chi connectivity index (χ1v) is 11.5. The zero-order valence-electron chi connectivity index (χ0n) is 17.7. The fourth-order valence-electron chi connectivity index (χ4n) is 4.00. The van der Waals surface area contributed by atoms with Gasteiger partial charge >= 0.3 is 0 Å². The molecule has 1 aliphatic rings. The Balaban J connectivity index is 1.59. The summed E-state index contributed by atoms with van der Waals surface area (Å²) in [5, 5.41) is 0.582. The first kappa shape index (κ1) is 21.3. The van der Waals surface area contributed by atoms with Gasteiger partial charge in [-0.2, -0.15) is 4.31 Å². The summed E-state index contributed by atoms with van der Waals surface area (Å²) in [5.41, 5.74) is 1.57. The lowest BCUT2D eigenvalue weighted by atomic mass is 10.1. The van der Waals surface area contributed by atoms with Crippen molar-refractivity contribution in [1.29, 1.82) is 0 Å². The van der Waals surface area contributed by atoms with Gasteiger partial charge in [-0.15, -0.1) is 0 Å². The second-order valence-corrected chi connectivity index (χ2v) is 9.54. The summed E-state index contributed by atoms with van der Waals surface area (Å²) in [7, 11) is -0.843. The first-order chi connectivity index (χ1) is 14.8. The second-order valence-electron chi connectivity index (χ2n) is 7.63. The maximum atomic E-state index is 13.3. The molecular weight excluding hydrogens is 418 g/mol. The SMILES string of the molecule is COc1ccc(OC)c(S(=O)(=O)N2CCC(n3cnc4ccc(C)cc4c3=O)CC2)c1. The highest BCUT2D eigenvalue weighted by Crippen LogP contribution is 2.33. The molecule has 0 atom stereocenters. The topological polar surface area (TPSA) is 90.7 Å². The molecule has 1 aliphatic heterocycles. The van der Waals surface area contributed by atoms with E-state index in [2.05, 4.69) is 4.98 Å². The minimum Gasteiger partial charge on any atom is -0.497 e. The van der Waals surface area contributed by atoms with Gasteiger partial charge in [-0.3, -0.25) is 9.36 Å². The Bertz CT molecular complexity index is 1280. The van der Waals surface area contributed by atoms with Crippen LogP contribution in [0.1, 0.15) is 24.4 Å². The molecule has 2 aromatic carbocycles. The number of nitrogens with zero attached hydrogens (tertiary/aromatic N) is 3. The van der Waals surface area contributed by atoms with Gasteiger partial charge < -0.3 is 9.47 Å². The lowest BCUT2D eigenvalue weighted by molar-refractivity contribution is 0.268. The maximum Gasteiger partial charge on any atom is 0.261 e. The van der Waals surface area contributed by atoms with Crippen LogP contribution in [0.4, 0.5) is 0 Å². The molecule has 164 valence electrons. The molecule has 0 amide bonds. The van der Waals surface area contributed by atoms with Crippen LogP contribution >= 0.6 is 0 Å². The predicted octanol–water partition coefficient (Wildman–Crippen LogP) is 2.75. The van der Waals surface area contributed by atoms with Crippen LogP contribution in [0.15, 0.2) is 52.4 Å². The van der Waals surface area contributed by atoms with E-state index in [9.17, 15) is 13.2 Å². The third-order valence-electron chi connectivity index (χ3n) is 5.74. The molecule has 0 spiro atoms. The number of sulfonamides is 1. The molecule has 0 aliphatic carbocycles. The van der Waals surface area contributed by atoms with Crippen molar-refractivity contribution in [3.05, 3.63) is 58.6 Å². The Morgan fingerprint density at radius 1 is 1.03 bits per heavy atom. The van der Waals surface area contributed by atoms with Gasteiger partial charge in [0.2, 0.25) is 10.0 Å². The summed E-state index contributed by atoms with van der Waals surface area (Å²) < 4.78 is 40.1. The molecule has 3 aromatic rings. The summed E-state index contributed by atoms with van der Waals surface area (Å²) in [5.74, 6) is 0.714. The lowest BCUT2D eigenvalue weighted by Crippen LogP contribution is -2.41. The predicted molar refractivity (Wildman–Crippen MR) is 117 cm³/mol. The van der Waals surface area contributed by atoms with Crippen molar-refractivity contribution in [2.45, 2.75) is 30.7 Å². The lowest BCUT2D eigenvalue weighted by Gasteiger charge is -2.32. The van der Waals surface area contributed by atoms with Crippen LogP contribution < -0.4 is 15.0 Å². The molecule has 0 N–H and O–H groups in total. The highest BCUT2D eigenvalue weighted by atomic mass is 32.2. The normalized spacial score (nSPS) is 15.8. The largest absolute Gasteiger partial charge is 0.497 e. The molecule has 31 heavy (non-hydrogen) atoms. The fourth-order valence-corrected chi connectivity index (χ4v) is 5.64. The zero-order valence-corrected chi connectivity index (χ0v) is 18.6. The average molecular weight is 444 g/mol. The summed E-state index contributed by atoms with van der Waals surface area (Å²) in [6, 6.07) is 10.2. The van der Waals surface area contributed by atoms with Crippen molar-refractivity contribution >= 4 is 20.9 Å². The van der Waals surface area contributed by atoms with Gasteiger partial charge in [0.25, 0.3) is 5.56 Å². The Hall–Kier alpha value is -2.91. The summed E-state index contributed by atoms with van der Waals surface area (Å²) in [6.45, 7) is 2.53. The van der Waals surface area contributed by atoms with E-state index in [1.807, 2.05) is 25.1 Å². The Morgan fingerprint density at radius 2 is 1.77 bits per heavy atom. The van der Waals surface area contributed by atoms with Gasteiger partial charge in [-0.1, -0.05) is 11.6 Å². The molecule has 1 fully saturated rings. The molecule has 8 nitrogen and oxygen atoms in total. The molecule has 0 bridgehead atoms. The standard InChI is InChI=1S/C22H25N3O5S/c1-15-4-6-19-18(12-15)22(26)25(14-23-19)16-8-10-24(11-9-16)31(27,28)21-13-17(29-2)5-7-20(21)30-3/h4-7,12-14,16H,8-11H2,1-3H3. The zero-order chi connectivity index (χ0) is 22.2. The van der Waals surface area contributed by atoms with Crippen molar-refractivity contribution in [1.82, 2.24) is 13.9 Å². The molecule has 0 unspecified atom stereocenters. The second kappa shape index (κ2) is 8.32. The number of aromatic nitrogens is 2. The van der Waals surface area contributed by atoms with Crippen molar-refractivity contribution in [2.75, 3.05) is 27.3 Å². The van der Waals surface area contributed by atoms with Gasteiger partial charge in [0.1, 0.15) is 16.4 Å². The first-order valence-electron chi connectivity index (χ1n) is 10.0. The van der Waals surface area contributed by atoms with Crippen LogP contribution in [0.3, 0.4) is 0 Å². The van der Waals surface area contributed by atoms with E-state index in [1.165, 1.54) is 24.6 Å². The number of fused-ring (bicyclic) bond motifs is 1. The molecule has 9 heteroatoms. The number of piperidine rings is 1. The maximum absolute atomic E-state index is 13.3. The van der Waals surface area contributed by atoms with Crippen LogP contribution in [0, 0.1) is 6.92 Å². The molecule has 2 heterocycles. The molecule has 4 rings (SSSR count). The highest BCUT2D eigenvalue weighted by Gasteiger charge is 2.32. The molecule has 1 aromatic heterocycles. The van der Waals surface area contributed by atoms with Gasteiger partial charge in [0, 0.05) is 25.2 Å². The minimum atomic E-state index is -3.77. The van der Waals surface area contributed by atoms with Crippen LogP contribution in [0.25, 0.3) is 10.9 Å². The number of ether oxygens (including phenoxy) is 2.